The number of alkyl halides is 4. The molecule has 2 fully saturated rings. The van der Waals surface area contributed by atoms with Gasteiger partial charge in [-0.25, -0.2) is 4.39 Å². The first-order valence-corrected chi connectivity index (χ1v) is 8.96. The quantitative estimate of drug-likeness (QED) is 0.814. The van der Waals surface area contributed by atoms with E-state index in [1.54, 1.807) is 0 Å². The van der Waals surface area contributed by atoms with E-state index in [2.05, 4.69) is 0 Å². The van der Waals surface area contributed by atoms with Crippen molar-refractivity contribution < 1.29 is 22.4 Å². The predicted molar refractivity (Wildman–Crippen MR) is 90.2 cm³/mol. The molecular formula is C19H21F4N3O. The fourth-order valence-electron chi connectivity index (χ4n) is 4.34. The molecule has 3 unspecified atom stereocenters. The minimum absolute atomic E-state index is 0.0394. The number of nitriles is 1. The zero-order chi connectivity index (χ0) is 19.8. The summed E-state index contributed by atoms with van der Waals surface area (Å²) < 4.78 is 52.2. The van der Waals surface area contributed by atoms with Crippen molar-refractivity contribution >= 4 is 5.91 Å². The van der Waals surface area contributed by atoms with Crippen molar-refractivity contribution in [3.63, 3.8) is 0 Å². The number of nitrogens with zero attached hydrogens (tertiary/aromatic N) is 2. The van der Waals surface area contributed by atoms with Crippen LogP contribution in [0.4, 0.5) is 17.6 Å². The standard InChI is InChI=1S/C19H21F4N3O/c20-14-9-15(10-24)26(11-14)17(27)16(25)18(7-1-2-8-18)12-3-5-13(6-4-12)19(21,22)23/h3-6,14-16H,1-2,7-9,11,25H2. The highest BCUT2D eigenvalue weighted by Gasteiger charge is 2.48. The summed E-state index contributed by atoms with van der Waals surface area (Å²) in [5.74, 6) is -0.511. The number of halogens is 4. The summed E-state index contributed by atoms with van der Waals surface area (Å²) in [4.78, 5) is 14.1. The number of hydrogen-bond acceptors (Lipinski definition) is 3. The summed E-state index contributed by atoms with van der Waals surface area (Å²) in [6, 6.07) is 4.80. The van der Waals surface area contributed by atoms with Gasteiger partial charge in [-0.15, -0.1) is 0 Å². The fraction of sp³-hybridized carbons (Fsp3) is 0.579. The van der Waals surface area contributed by atoms with Crippen LogP contribution in [0.5, 0.6) is 0 Å². The van der Waals surface area contributed by atoms with Gasteiger partial charge >= 0.3 is 6.18 Å². The molecule has 1 amide bonds. The van der Waals surface area contributed by atoms with Crippen molar-refractivity contribution in [2.24, 2.45) is 5.73 Å². The lowest BCUT2D eigenvalue weighted by atomic mass is 9.72. The van der Waals surface area contributed by atoms with Crippen LogP contribution >= 0.6 is 0 Å². The number of hydrogen-bond donors (Lipinski definition) is 1. The Hall–Kier alpha value is -2.14. The summed E-state index contributed by atoms with van der Waals surface area (Å²) in [6.45, 7) is -0.173. The van der Waals surface area contributed by atoms with E-state index < -0.39 is 41.3 Å². The molecule has 0 radical (unpaired) electrons. The molecule has 1 saturated carbocycles. The molecule has 0 bridgehead atoms. The van der Waals surface area contributed by atoms with Gasteiger partial charge in [-0.05, 0) is 30.5 Å². The van der Waals surface area contributed by atoms with E-state index in [0.717, 1.165) is 25.0 Å². The third-order valence-electron chi connectivity index (χ3n) is 5.83. The monoisotopic (exact) mass is 383 g/mol. The molecule has 0 aromatic heterocycles. The smallest absolute Gasteiger partial charge is 0.322 e. The molecule has 146 valence electrons. The summed E-state index contributed by atoms with van der Waals surface area (Å²) in [6.07, 6.45) is -3.01. The Bertz CT molecular complexity index is 735. The first-order chi connectivity index (χ1) is 12.7. The first-order valence-electron chi connectivity index (χ1n) is 8.96. The Balaban J connectivity index is 1.90. The Morgan fingerprint density at radius 3 is 2.37 bits per heavy atom. The lowest BCUT2D eigenvalue weighted by Crippen LogP contribution is -2.55. The summed E-state index contributed by atoms with van der Waals surface area (Å²) in [5, 5.41) is 9.18. The molecule has 27 heavy (non-hydrogen) atoms. The van der Waals surface area contributed by atoms with Gasteiger partial charge in [0.15, 0.2) is 0 Å². The fourth-order valence-corrected chi connectivity index (χ4v) is 4.34. The van der Waals surface area contributed by atoms with E-state index >= 15 is 0 Å². The average Bonchev–Trinajstić information content (AvgIpc) is 3.27. The van der Waals surface area contributed by atoms with E-state index in [9.17, 15) is 27.6 Å². The first kappa shape index (κ1) is 19.6. The van der Waals surface area contributed by atoms with Crippen LogP contribution in [0.3, 0.4) is 0 Å². The van der Waals surface area contributed by atoms with E-state index in [1.807, 2.05) is 6.07 Å². The van der Waals surface area contributed by atoms with Crippen LogP contribution in [-0.2, 0) is 16.4 Å². The topological polar surface area (TPSA) is 70.1 Å². The maximum atomic E-state index is 13.7. The van der Waals surface area contributed by atoms with Crippen molar-refractivity contribution in [3.05, 3.63) is 35.4 Å². The molecular weight excluding hydrogens is 362 g/mol. The summed E-state index contributed by atoms with van der Waals surface area (Å²) >= 11 is 0. The van der Waals surface area contributed by atoms with Crippen LogP contribution in [0.15, 0.2) is 24.3 Å². The van der Waals surface area contributed by atoms with E-state index in [4.69, 9.17) is 5.73 Å². The summed E-state index contributed by atoms with van der Waals surface area (Å²) in [5.41, 5.74) is 5.34. The Labute approximate surface area is 154 Å². The second kappa shape index (κ2) is 7.12. The molecule has 3 rings (SSSR count). The number of nitrogens with two attached hydrogens (primary N) is 1. The van der Waals surface area contributed by atoms with Gasteiger partial charge < -0.3 is 10.6 Å². The molecule has 2 aliphatic rings. The van der Waals surface area contributed by atoms with Gasteiger partial charge in [-0.3, -0.25) is 4.79 Å². The third kappa shape index (κ3) is 3.53. The maximum absolute atomic E-state index is 13.7. The molecule has 0 spiro atoms. The van der Waals surface area contributed by atoms with Crippen LogP contribution in [0.1, 0.15) is 43.2 Å². The third-order valence-corrected chi connectivity index (χ3v) is 5.83. The van der Waals surface area contributed by atoms with E-state index in [0.29, 0.717) is 18.4 Å². The minimum Gasteiger partial charge on any atom is -0.322 e. The molecule has 1 aliphatic carbocycles. The molecule has 4 nitrogen and oxygen atoms in total. The Morgan fingerprint density at radius 2 is 1.85 bits per heavy atom. The number of amides is 1. The highest BCUT2D eigenvalue weighted by atomic mass is 19.4. The van der Waals surface area contributed by atoms with Gasteiger partial charge in [0, 0.05) is 11.8 Å². The van der Waals surface area contributed by atoms with Crippen molar-refractivity contribution in [2.75, 3.05) is 6.54 Å². The number of rotatable bonds is 3. The van der Waals surface area contributed by atoms with E-state index in [1.165, 1.54) is 17.0 Å². The Morgan fingerprint density at radius 1 is 1.26 bits per heavy atom. The average molecular weight is 383 g/mol. The van der Waals surface area contributed by atoms with Crippen LogP contribution in [0.25, 0.3) is 0 Å². The second-order valence-electron chi connectivity index (χ2n) is 7.38. The van der Waals surface area contributed by atoms with Crippen molar-refractivity contribution in [1.29, 1.82) is 5.26 Å². The van der Waals surface area contributed by atoms with Crippen LogP contribution in [-0.4, -0.2) is 35.6 Å². The minimum atomic E-state index is -4.44. The molecule has 1 aromatic rings. The Kier molecular flexibility index (Phi) is 5.17. The second-order valence-corrected chi connectivity index (χ2v) is 7.38. The lowest BCUT2D eigenvalue weighted by Gasteiger charge is -2.37. The summed E-state index contributed by atoms with van der Waals surface area (Å²) in [7, 11) is 0. The zero-order valence-corrected chi connectivity index (χ0v) is 14.7. The number of carbonyl (C=O) groups excluding carboxylic acids is 1. The van der Waals surface area contributed by atoms with Gasteiger partial charge in [0.2, 0.25) is 5.91 Å². The van der Waals surface area contributed by atoms with Gasteiger partial charge in [-0.1, -0.05) is 25.0 Å². The van der Waals surface area contributed by atoms with Gasteiger partial charge in [0.1, 0.15) is 12.2 Å². The SMILES string of the molecule is N#CC1CC(F)CN1C(=O)C(N)C1(c2ccc(C(F)(F)F)cc2)CCCC1. The van der Waals surface area contributed by atoms with Gasteiger partial charge in [-0.2, -0.15) is 18.4 Å². The normalized spacial score (nSPS) is 26.0. The van der Waals surface area contributed by atoms with Crippen LogP contribution in [0.2, 0.25) is 0 Å². The van der Waals surface area contributed by atoms with Gasteiger partial charge in [0.25, 0.3) is 0 Å². The highest BCUT2D eigenvalue weighted by Crippen LogP contribution is 2.44. The van der Waals surface area contributed by atoms with E-state index in [-0.39, 0.29) is 13.0 Å². The van der Waals surface area contributed by atoms with Gasteiger partial charge in [0.05, 0.1) is 24.2 Å². The zero-order valence-electron chi connectivity index (χ0n) is 14.7. The number of likely N-dealkylation sites (tertiary alicyclic amines) is 1. The van der Waals surface area contributed by atoms with Crippen LogP contribution in [0, 0.1) is 11.3 Å². The molecule has 1 aliphatic heterocycles. The number of carbonyl (C=O) groups is 1. The van der Waals surface area contributed by atoms with Crippen molar-refractivity contribution in [2.45, 2.75) is 62.0 Å². The lowest BCUT2D eigenvalue weighted by molar-refractivity contribution is -0.138. The molecule has 1 saturated heterocycles. The molecule has 1 heterocycles. The predicted octanol–water partition coefficient (Wildman–Crippen LogP) is 3.31. The van der Waals surface area contributed by atoms with Crippen molar-refractivity contribution in [3.8, 4) is 6.07 Å². The van der Waals surface area contributed by atoms with Crippen molar-refractivity contribution in [1.82, 2.24) is 4.90 Å². The molecule has 2 N–H and O–H groups in total. The van der Waals surface area contributed by atoms with Crippen LogP contribution < -0.4 is 5.73 Å². The maximum Gasteiger partial charge on any atom is 0.416 e. The largest absolute Gasteiger partial charge is 0.416 e. The number of benzene rings is 1. The molecule has 1 aromatic carbocycles. The highest BCUT2D eigenvalue weighted by molar-refractivity contribution is 5.84. The molecule has 8 heteroatoms. The molecule has 3 atom stereocenters.